The minimum absolute atomic E-state index is 0.797. The van der Waals surface area contributed by atoms with Crippen molar-refractivity contribution in [3.8, 4) is 0 Å². The summed E-state index contributed by atoms with van der Waals surface area (Å²) in [6, 6.07) is 0. The van der Waals surface area contributed by atoms with E-state index < -0.39 is 0 Å². The van der Waals surface area contributed by atoms with E-state index in [9.17, 15) is 0 Å². The Labute approximate surface area is 100 Å². The first-order valence-corrected chi connectivity index (χ1v) is 5.80. The highest BCUT2D eigenvalue weighted by molar-refractivity contribution is 14.1. The Morgan fingerprint density at radius 3 is 2.30 bits per heavy atom. The minimum Gasteiger partial charge on any atom is -0.385 e. The van der Waals surface area contributed by atoms with Gasteiger partial charge in [-0.1, -0.05) is 0 Å². The molecule has 0 saturated carbocycles. The molecule has 0 aromatic heterocycles. The van der Waals surface area contributed by atoms with Gasteiger partial charge in [0.1, 0.15) is 5.82 Å². The molecule has 1 aliphatic heterocycles. The minimum atomic E-state index is 0.797. The van der Waals surface area contributed by atoms with E-state index >= 15 is 0 Å². The van der Waals surface area contributed by atoms with Gasteiger partial charge in [-0.25, -0.2) is 0 Å². The predicted octanol–water partition coefficient (Wildman–Crippen LogP) is 2.23. The number of hydrogen-bond acceptors (Lipinski definition) is 2. The lowest BCUT2D eigenvalue weighted by atomic mass is 10.4. The van der Waals surface area contributed by atoms with Gasteiger partial charge in [-0.2, -0.15) is 0 Å². The molecule has 0 atom stereocenters. The fraction of sp³-hybridized carbons (Fsp3) is 0.200. The number of allylic oxidation sites excluding steroid dienone is 2. The van der Waals surface area contributed by atoms with Gasteiger partial charge in [-0.15, -0.1) is 0 Å². The monoisotopic (exact) mass is 474 g/mol. The SMILES string of the molecule is NC1=C(I)C(I)=C(I)CN1. The fourth-order valence-corrected chi connectivity index (χ4v) is 2.54. The molecule has 0 fully saturated rings. The van der Waals surface area contributed by atoms with Crippen molar-refractivity contribution in [1.29, 1.82) is 0 Å². The summed E-state index contributed by atoms with van der Waals surface area (Å²) in [5.74, 6) is 0.797. The van der Waals surface area contributed by atoms with Crippen LogP contribution in [0.4, 0.5) is 0 Å². The van der Waals surface area contributed by atoms with Gasteiger partial charge < -0.3 is 11.1 Å². The zero-order valence-corrected chi connectivity index (χ0v) is 11.4. The van der Waals surface area contributed by atoms with Crippen molar-refractivity contribution < 1.29 is 0 Å². The Hall–Kier alpha value is 1.27. The molecule has 0 saturated heterocycles. The molecule has 0 unspecified atom stereocenters. The second kappa shape index (κ2) is 3.78. The Morgan fingerprint density at radius 1 is 1.20 bits per heavy atom. The molecule has 0 aliphatic carbocycles. The summed E-state index contributed by atoms with van der Waals surface area (Å²) < 4.78 is 3.74. The molecule has 1 rings (SSSR count). The van der Waals surface area contributed by atoms with Crippen LogP contribution in [0.25, 0.3) is 0 Å². The van der Waals surface area contributed by atoms with Crippen LogP contribution >= 0.6 is 67.8 Å². The Bertz CT molecular complexity index is 195. The third-order valence-corrected chi connectivity index (χ3v) is 6.40. The van der Waals surface area contributed by atoms with Gasteiger partial charge >= 0.3 is 0 Å². The molecule has 0 radical (unpaired) electrons. The molecule has 56 valence electrons. The average molecular weight is 474 g/mol. The molecule has 5 heteroatoms. The van der Waals surface area contributed by atoms with E-state index in [2.05, 4.69) is 73.1 Å². The first-order valence-electron chi connectivity index (χ1n) is 2.56. The van der Waals surface area contributed by atoms with Crippen LogP contribution in [0.15, 0.2) is 16.6 Å². The summed E-state index contributed by atoms with van der Waals surface area (Å²) in [4.78, 5) is 0. The van der Waals surface area contributed by atoms with Gasteiger partial charge in [-0.3, -0.25) is 0 Å². The summed E-state index contributed by atoms with van der Waals surface area (Å²) in [5, 5.41) is 3.09. The maximum Gasteiger partial charge on any atom is 0.111 e. The number of rotatable bonds is 0. The molecule has 0 bridgehead atoms. The molecular weight excluding hydrogens is 469 g/mol. The lowest BCUT2D eigenvalue weighted by Gasteiger charge is -2.15. The van der Waals surface area contributed by atoms with Crippen molar-refractivity contribution in [2.24, 2.45) is 5.73 Å². The van der Waals surface area contributed by atoms with E-state index in [0.29, 0.717) is 0 Å². The first-order chi connectivity index (χ1) is 4.63. The van der Waals surface area contributed by atoms with Crippen LogP contribution in [-0.4, -0.2) is 6.54 Å². The molecule has 0 spiro atoms. The Kier molecular flexibility index (Phi) is 3.54. The van der Waals surface area contributed by atoms with E-state index in [0.717, 1.165) is 15.9 Å². The van der Waals surface area contributed by atoms with Crippen LogP contribution in [0.1, 0.15) is 0 Å². The van der Waals surface area contributed by atoms with Crippen molar-refractivity contribution in [3.63, 3.8) is 0 Å². The predicted molar refractivity (Wildman–Crippen MR) is 68.3 cm³/mol. The van der Waals surface area contributed by atoms with Gasteiger partial charge in [0, 0.05) is 13.7 Å². The van der Waals surface area contributed by atoms with Crippen molar-refractivity contribution in [3.05, 3.63) is 16.6 Å². The lowest BCUT2D eigenvalue weighted by molar-refractivity contribution is 0.868. The van der Waals surface area contributed by atoms with E-state index in [1.807, 2.05) is 0 Å². The maximum atomic E-state index is 5.65. The van der Waals surface area contributed by atoms with Gasteiger partial charge in [0.2, 0.25) is 0 Å². The van der Waals surface area contributed by atoms with Crippen LogP contribution in [-0.2, 0) is 0 Å². The van der Waals surface area contributed by atoms with E-state index in [4.69, 9.17) is 5.73 Å². The summed E-state index contributed by atoms with van der Waals surface area (Å²) in [7, 11) is 0. The lowest BCUT2D eigenvalue weighted by Crippen LogP contribution is -2.25. The largest absolute Gasteiger partial charge is 0.385 e. The standard InChI is InChI=1S/C5H5I3N2/c6-2-1-10-5(9)4(8)3(2)7/h10H,1,9H2. The number of nitrogens with one attached hydrogen (secondary N) is 1. The number of nitrogens with two attached hydrogens (primary N) is 1. The van der Waals surface area contributed by atoms with E-state index in [1.54, 1.807) is 0 Å². The molecule has 0 aromatic carbocycles. The zero-order chi connectivity index (χ0) is 7.72. The highest BCUT2D eigenvalue weighted by atomic mass is 127. The van der Waals surface area contributed by atoms with Gasteiger partial charge in [0.25, 0.3) is 0 Å². The first kappa shape index (κ1) is 9.36. The highest BCUT2D eigenvalue weighted by Crippen LogP contribution is 2.33. The van der Waals surface area contributed by atoms with E-state index in [-0.39, 0.29) is 0 Å². The normalized spacial score (nSPS) is 19.5. The fourth-order valence-electron chi connectivity index (χ4n) is 0.565. The third-order valence-electron chi connectivity index (χ3n) is 1.10. The van der Waals surface area contributed by atoms with Crippen molar-refractivity contribution >= 4 is 67.8 Å². The van der Waals surface area contributed by atoms with Crippen molar-refractivity contribution in [2.75, 3.05) is 6.54 Å². The zero-order valence-electron chi connectivity index (χ0n) is 4.92. The Balaban J connectivity index is 3.01. The average Bonchev–Trinajstić information content (AvgIpc) is 1.93. The smallest absolute Gasteiger partial charge is 0.111 e. The van der Waals surface area contributed by atoms with Gasteiger partial charge in [0.15, 0.2) is 0 Å². The Morgan fingerprint density at radius 2 is 1.80 bits per heavy atom. The molecule has 2 nitrogen and oxygen atoms in total. The summed E-state index contributed by atoms with van der Waals surface area (Å²) >= 11 is 6.88. The van der Waals surface area contributed by atoms with E-state index in [1.165, 1.54) is 7.16 Å². The molecule has 0 amide bonds. The molecule has 1 heterocycles. The van der Waals surface area contributed by atoms with Crippen LogP contribution in [0.2, 0.25) is 0 Å². The number of dihydropyridines is 1. The third kappa shape index (κ3) is 1.90. The van der Waals surface area contributed by atoms with Crippen LogP contribution in [0.5, 0.6) is 0 Å². The molecule has 3 N–H and O–H groups in total. The molecule has 10 heavy (non-hydrogen) atoms. The topological polar surface area (TPSA) is 38.0 Å². The van der Waals surface area contributed by atoms with Gasteiger partial charge in [0.05, 0.1) is 3.58 Å². The number of hydrogen-bond donors (Lipinski definition) is 2. The quantitative estimate of drug-likeness (QED) is 0.530. The van der Waals surface area contributed by atoms with Crippen LogP contribution < -0.4 is 11.1 Å². The second-order valence-electron chi connectivity index (χ2n) is 1.80. The highest BCUT2D eigenvalue weighted by Gasteiger charge is 2.13. The van der Waals surface area contributed by atoms with Crippen LogP contribution in [0.3, 0.4) is 0 Å². The van der Waals surface area contributed by atoms with Gasteiger partial charge in [-0.05, 0) is 67.8 Å². The summed E-state index contributed by atoms with van der Waals surface area (Å²) in [6.07, 6.45) is 0. The van der Waals surface area contributed by atoms with Crippen LogP contribution in [0, 0.1) is 0 Å². The number of halogens is 3. The second-order valence-corrected chi connectivity index (χ2v) is 5.26. The summed E-state index contributed by atoms with van der Waals surface area (Å²) in [6.45, 7) is 0.872. The summed E-state index contributed by atoms with van der Waals surface area (Å²) in [5.41, 5.74) is 5.65. The molecule has 1 aliphatic rings. The molecule has 0 aromatic rings. The maximum absolute atomic E-state index is 5.65. The van der Waals surface area contributed by atoms with Crippen molar-refractivity contribution in [2.45, 2.75) is 0 Å². The molecular formula is C5H5I3N2. The van der Waals surface area contributed by atoms with Crippen molar-refractivity contribution in [1.82, 2.24) is 5.32 Å².